The van der Waals surface area contributed by atoms with Crippen LogP contribution in [0.2, 0.25) is 0 Å². The fraction of sp³-hybridized carbons (Fsp3) is 0.500. The van der Waals surface area contributed by atoms with Gasteiger partial charge in [-0.25, -0.2) is 0 Å². The smallest absolute Gasteiger partial charge is 0.135 e. The van der Waals surface area contributed by atoms with Gasteiger partial charge in [-0.3, -0.25) is 4.90 Å². The lowest BCUT2D eigenvalue weighted by molar-refractivity contribution is -0.0513. The van der Waals surface area contributed by atoms with Crippen molar-refractivity contribution in [1.82, 2.24) is 4.90 Å². The SMILES string of the molecule is OC(CN1CC2CCC(C1)O2)c1cc2ccccc2o1. The maximum atomic E-state index is 10.4. The topological polar surface area (TPSA) is 45.8 Å². The molecule has 2 fully saturated rings. The van der Waals surface area contributed by atoms with Crippen molar-refractivity contribution >= 4 is 11.0 Å². The van der Waals surface area contributed by atoms with Crippen molar-refractivity contribution in [2.75, 3.05) is 19.6 Å². The number of aliphatic hydroxyl groups excluding tert-OH is 1. The molecule has 4 nitrogen and oxygen atoms in total. The van der Waals surface area contributed by atoms with Crippen LogP contribution in [-0.2, 0) is 4.74 Å². The van der Waals surface area contributed by atoms with E-state index in [2.05, 4.69) is 4.90 Å². The average Bonchev–Trinajstić information content (AvgIpc) is 3.02. The van der Waals surface area contributed by atoms with Crippen molar-refractivity contribution in [2.45, 2.75) is 31.2 Å². The predicted molar refractivity (Wildman–Crippen MR) is 75.5 cm³/mol. The first-order valence-corrected chi connectivity index (χ1v) is 7.32. The maximum absolute atomic E-state index is 10.4. The molecule has 0 saturated carbocycles. The van der Waals surface area contributed by atoms with Crippen LogP contribution < -0.4 is 0 Å². The van der Waals surface area contributed by atoms with E-state index in [0.29, 0.717) is 24.5 Å². The molecule has 1 aromatic carbocycles. The fourth-order valence-electron chi connectivity index (χ4n) is 3.35. The molecular weight excluding hydrogens is 254 g/mol. The molecule has 2 saturated heterocycles. The van der Waals surface area contributed by atoms with E-state index in [4.69, 9.17) is 9.15 Å². The number of furan rings is 1. The largest absolute Gasteiger partial charge is 0.458 e. The number of β-amino-alcohol motifs (C(OH)–C–C–N with tert-alkyl or cyclic N) is 1. The van der Waals surface area contributed by atoms with E-state index in [9.17, 15) is 5.11 Å². The second-order valence-electron chi connectivity index (χ2n) is 5.88. The summed E-state index contributed by atoms with van der Waals surface area (Å²) in [7, 11) is 0. The second-order valence-corrected chi connectivity index (χ2v) is 5.88. The first-order valence-electron chi connectivity index (χ1n) is 7.32. The van der Waals surface area contributed by atoms with Crippen LogP contribution in [0.25, 0.3) is 11.0 Å². The standard InChI is InChI=1S/C16H19NO3/c18-14(10-17-8-12-5-6-13(9-17)19-12)16-7-11-3-1-2-4-15(11)20-16/h1-4,7,12-14,18H,5-6,8-10H2. The quantitative estimate of drug-likeness (QED) is 0.932. The summed E-state index contributed by atoms with van der Waals surface area (Å²) in [5.74, 6) is 0.657. The molecule has 2 aromatic rings. The third-order valence-corrected chi connectivity index (χ3v) is 4.32. The summed E-state index contributed by atoms with van der Waals surface area (Å²) in [6.45, 7) is 2.47. The molecule has 2 aliphatic rings. The van der Waals surface area contributed by atoms with E-state index < -0.39 is 6.10 Å². The Morgan fingerprint density at radius 2 is 1.95 bits per heavy atom. The number of likely N-dealkylation sites (tertiary alicyclic amines) is 1. The summed E-state index contributed by atoms with van der Waals surface area (Å²) in [5.41, 5.74) is 0.837. The minimum absolute atomic E-state index is 0.358. The van der Waals surface area contributed by atoms with Gasteiger partial charge >= 0.3 is 0 Å². The number of benzene rings is 1. The van der Waals surface area contributed by atoms with Crippen molar-refractivity contribution in [1.29, 1.82) is 0 Å². The molecule has 0 radical (unpaired) electrons. The van der Waals surface area contributed by atoms with Crippen LogP contribution in [0.15, 0.2) is 34.7 Å². The molecule has 3 heterocycles. The summed E-state index contributed by atoms with van der Waals surface area (Å²) < 4.78 is 11.5. The van der Waals surface area contributed by atoms with Gasteiger partial charge in [0.15, 0.2) is 0 Å². The molecule has 20 heavy (non-hydrogen) atoms. The highest BCUT2D eigenvalue weighted by atomic mass is 16.5. The van der Waals surface area contributed by atoms with Crippen molar-refractivity contribution in [2.24, 2.45) is 0 Å². The van der Waals surface area contributed by atoms with Crippen molar-refractivity contribution in [3.8, 4) is 0 Å². The van der Waals surface area contributed by atoms with Crippen LogP contribution in [0.3, 0.4) is 0 Å². The van der Waals surface area contributed by atoms with Crippen LogP contribution in [-0.4, -0.2) is 41.8 Å². The van der Waals surface area contributed by atoms with Crippen molar-refractivity contribution < 1.29 is 14.3 Å². The van der Waals surface area contributed by atoms with E-state index >= 15 is 0 Å². The number of morpholine rings is 1. The fourth-order valence-corrected chi connectivity index (χ4v) is 3.35. The zero-order valence-electron chi connectivity index (χ0n) is 11.4. The minimum atomic E-state index is -0.570. The van der Waals surface area contributed by atoms with Crippen LogP contribution in [0.5, 0.6) is 0 Å². The number of hydrogen-bond acceptors (Lipinski definition) is 4. The summed E-state index contributed by atoms with van der Waals surface area (Å²) in [6, 6.07) is 9.80. The molecule has 3 atom stereocenters. The molecular formula is C16H19NO3. The molecule has 0 spiro atoms. The zero-order valence-corrected chi connectivity index (χ0v) is 11.4. The van der Waals surface area contributed by atoms with E-state index in [1.807, 2.05) is 30.3 Å². The highest BCUT2D eigenvalue weighted by Gasteiger charge is 2.34. The summed E-state index contributed by atoms with van der Waals surface area (Å²) in [6.07, 6.45) is 2.46. The van der Waals surface area contributed by atoms with E-state index in [1.165, 1.54) is 0 Å². The van der Waals surface area contributed by atoms with E-state index in [-0.39, 0.29) is 0 Å². The van der Waals surface area contributed by atoms with Gasteiger partial charge in [0, 0.05) is 25.0 Å². The highest BCUT2D eigenvalue weighted by molar-refractivity contribution is 5.77. The molecule has 4 rings (SSSR count). The predicted octanol–water partition coefficient (Wildman–Crippen LogP) is 2.33. The van der Waals surface area contributed by atoms with Gasteiger partial charge in [-0.05, 0) is 25.0 Å². The van der Waals surface area contributed by atoms with Gasteiger partial charge < -0.3 is 14.3 Å². The monoisotopic (exact) mass is 273 g/mol. The highest BCUT2D eigenvalue weighted by Crippen LogP contribution is 2.29. The molecule has 1 aromatic heterocycles. The Bertz CT molecular complexity index is 564. The number of aliphatic hydroxyl groups is 1. The number of nitrogens with zero attached hydrogens (tertiary/aromatic N) is 1. The summed E-state index contributed by atoms with van der Waals surface area (Å²) in [4.78, 5) is 2.30. The van der Waals surface area contributed by atoms with Gasteiger partial charge in [0.05, 0.1) is 12.2 Å². The number of para-hydroxylation sites is 1. The number of hydrogen-bond donors (Lipinski definition) is 1. The molecule has 3 unspecified atom stereocenters. The van der Waals surface area contributed by atoms with Crippen LogP contribution in [0.1, 0.15) is 24.7 Å². The van der Waals surface area contributed by atoms with Gasteiger partial charge in [-0.1, -0.05) is 18.2 Å². The summed E-state index contributed by atoms with van der Waals surface area (Å²) in [5, 5.41) is 11.4. The van der Waals surface area contributed by atoms with Crippen LogP contribution in [0, 0.1) is 0 Å². The van der Waals surface area contributed by atoms with Gasteiger partial charge in [-0.15, -0.1) is 0 Å². The third kappa shape index (κ3) is 2.24. The molecule has 2 aliphatic heterocycles. The van der Waals surface area contributed by atoms with Crippen LogP contribution in [0.4, 0.5) is 0 Å². The first-order chi connectivity index (χ1) is 9.78. The second kappa shape index (κ2) is 4.88. The van der Waals surface area contributed by atoms with Gasteiger partial charge in [0.2, 0.25) is 0 Å². The molecule has 4 heteroatoms. The average molecular weight is 273 g/mol. The first kappa shape index (κ1) is 12.4. The molecule has 106 valence electrons. The Hall–Kier alpha value is -1.36. The van der Waals surface area contributed by atoms with Gasteiger partial charge in [0.25, 0.3) is 0 Å². The Labute approximate surface area is 117 Å². The zero-order chi connectivity index (χ0) is 13.5. The minimum Gasteiger partial charge on any atom is -0.458 e. The third-order valence-electron chi connectivity index (χ3n) is 4.32. The summed E-state index contributed by atoms with van der Waals surface area (Å²) >= 11 is 0. The lowest BCUT2D eigenvalue weighted by atomic mass is 10.2. The Kier molecular flexibility index (Phi) is 3.02. The Morgan fingerprint density at radius 1 is 1.20 bits per heavy atom. The molecule has 0 amide bonds. The Balaban J connectivity index is 1.48. The van der Waals surface area contributed by atoms with Gasteiger partial charge in [0.1, 0.15) is 17.4 Å². The Morgan fingerprint density at radius 3 is 2.70 bits per heavy atom. The van der Waals surface area contributed by atoms with E-state index in [1.54, 1.807) is 0 Å². The van der Waals surface area contributed by atoms with E-state index in [0.717, 1.165) is 36.9 Å². The lowest BCUT2D eigenvalue weighted by Crippen LogP contribution is -2.44. The molecule has 2 bridgehead atoms. The molecule has 1 N–H and O–H groups in total. The van der Waals surface area contributed by atoms with Gasteiger partial charge in [-0.2, -0.15) is 0 Å². The van der Waals surface area contributed by atoms with Crippen molar-refractivity contribution in [3.63, 3.8) is 0 Å². The number of ether oxygens (including phenoxy) is 1. The van der Waals surface area contributed by atoms with Crippen molar-refractivity contribution in [3.05, 3.63) is 36.1 Å². The maximum Gasteiger partial charge on any atom is 0.135 e. The lowest BCUT2D eigenvalue weighted by Gasteiger charge is -2.32. The number of fused-ring (bicyclic) bond motifs is 3. The normalized spacial score (nSPS) is 28.1. The number of rotatable bonds is 3. The van der Waals surface area contributed by atoms with Crippen LogP contribution >= 0.6 is 0 Å². The molecule has 0 aliphatic carbocycles.